The summed E-state index contributed by atoms with van der Waals surface area (Å²) in [6.45, 7) is 7.21. The number of nitrogens with zero attached hydrogens (tertiary/aromatic N) is 2. The van der Waals surface area contributed by atoms with Gasteiger partial charge in [0.25, 0.3) is 11.7 Å². The summed E-state index contributed by atoms with van der Waals surface area (Å²) >= 11 is 0. The number of amides is 1. The summed E-state index contributed by atoms with van der Waals surface area (Å²) in [5, 5.41) is 11.5. The number of aryl methyl sites for hydroxylation is 2. The predicted octanol–water partition coefficient (Wildman–Crippen LogP) is 4.90. The van der Waals surface area contributed by atoms with Gasteiger partial charge in [-0.1, -0.05) is 12.1 Å². The van der Waals surface area contributed by atoms with Gasteiger partial charge in [0.1, 0.15) is 11.5 Å². The summed E-state index contributed by atoms with van der Waals surface area (Å²) in [6.07, 6.45) is 2.85. The van der Waals surface area contributed by atoms with Gasteiger partial charge in [-0.15, -0.1) is 0 Å². The lowest BCUT2D eigenvalue weighted by molar-refractivity contribution is -0.132. The van der Waals surface area contributed by atoms with E-state index in [9.17, 15) is 19.5 Å². The van der Waals surface area contributed by atoms with E-state index in [4.69, 9.17) is 9.47 Å². The van der Waals surface area contributed by atoms with E-state index < -0.39 is 23.7 Å². The van der Waals surface area contributed by atoms with Crippen LogP contribution in [0.1, 0.15) is 52.5 Å². The quantitative estimate of drug-likeness (QED) is 0.222. The summed E-state index contributed by atoms with van der Waals surface area (Å²) in [5.74, 6) is -2.07. The SMILES string of the molecule is COc1c(C)cc(C)cc1/C(O)=C1\C(=O)C(=O)N(c2ccc(C(=O)OC(C)C)cc2)C1c1cccnc1. The van der Waals surface area contributed by atoms with Crippen molar-refractivity contribution in [2.75, 3.05) is 12.0 Å². The highest BCUT2D eigenvalue weighted by molar-refractivity contribution is 6.51. The van der Waals surface area contributed by atoms with Crippen molar-refractivity contribution in [2.24, 2.45) is 0 Å². The number of aliphatic hydroxyl groups is 1. The number of carbonyl (C=O) groups is 3. The van der Waals surface area contributed by atoms with Crippen LogP contribution >= 0.6 is 0 Å². The molecule has 1 atom stereocenters. The lowest BCUT2D eigenvalue weighted by atomic mass is 9.94. The zero-order valence-corrected chi connectivity index (χ0v) is 21.3. The number of aromatic nitrogens is 1. The van der Waals surface area contributed by atoms with Crippen LogP contribution in [0.5, 0.6) is 5.75 Å². The molecule has 0 bridgehead atoms. The Labute approximate surface area is 215 Å². The Morgan fingerprint density at radius 2 is 1.78 bits per heavy atom. The number of hydrogen-bond acceptors (Lipinski definition) is 7. The first kappa shape index (κ1) is 25.6. The Morgan fingerprint density at radius 3 is 2.38 bits per heavy atom. The van der Waals surface area contributed by atoms with Crippen LogP contribution in [0.25, 0.3) is 5.76 Å². The highest BCUT2D eigenvalue weighted by atomic mass is 16.5. The zero-order valence-electron chi connectivity index (χ0n) is 21.3. The van der Waals surface area contributed by atoms with E-state index in [1.54, 1.807) is 56.6 Å². The normalized spacial score (nSPS) is 16.8. The molecular formula is C29H28N2O6. The molecule has 2 heterocycles. The fourth-order valence-electron chi connectivity index (χ4n) is 4.54. The average molecular weight is 501 g/mol. The van der Waals surface area contributed by atoms with Gasteiger partial charge in [-0.3, -0.25) is 19.5 Å². The highest BCUT2D eigenvalue weighted by Gasteiger charge is 2.47. The van der Waals surface area contributed by atoms with Crippen LogP contribution in [0, 0.1) is 13.8 Å². The minimum absolute atomic E-state index is 0.0791. The van der Waals surface area contributed by atoms with Crippen LogP contribution in [0.15, 0.2) is 66.5 Å². The second-order valence-corrected chi connectivity index (χ2v) is 9.12. The smallest absolute Gasteiger partial charge is 0.338 e. The molecular weight excluding hydrogens is 472 g/mol. The Bertz CT molecular complexity index is 1390. The van der Waals surface area contributed by atoms with Crippen LogP contribution in [0.4, 0.5) is 5.69 Å². The molecule has 190 valence electrons. The summed E-state index contributed by atoms with van der Waals surface area (Å²) in [4.78, 5) is 44.5. The molecule has 0 spiro atoms. The van der Waals surface area contributed by atoms with Gasteiger partial charge in [-0.2, -0.15) is 0 Å². The molecule has 8 heteroatoms. The first-order valence-electron chi connectivity index (χ1n) is 11.8. The zero-order chi connectivity index (χ0) is 26.9. The van der Waals surface area contributed by atoms with Crippen molar-refractivity contribution in [2.45, 2.75) is 39.8 Å². The lowest BCUT2D eigenvalue weighted by Crippen LogP contribution is -2.29. The highest BCUT2D eigenvalue weighted by Crippen LogP contribution is 2.43. The second kappa shape index (κ2) is 10.3. The molecule has 1 unspecified atom stereocenters. The van der Waals surface area contributed by atoms with Crippen molar-refractivity contribution in [3.05, 3.63) is 94.3 Å². The van der Waals surface area contributed by atoms with Crippen molar-refractivity contribution in [1.29, 1.82) is 0 Å². The third-order valence-corrected chi connectivity index (χ3v) is 6.05. The summed E-state index contributed by atoms with van der Waals surface area (Å²) in [5.41, 5.74) is 3.10. The van der Waals surface area contributed by atoms with Gasteiger partial charge in [0.05, 0.1) is 36.0 Å². The lowest BCUT2D eigenvalue weighted by Gasteiger charge is -2.25. The fraction of sp³-hybridized carbons (Fsp3) is 0.241. The van der Waals surface area contributed by atoms with E-state index in [0.717, 1.165) is 11.1 Å². The number of pyridine rings is 1. The monoisotopic (exact) mass is 500 g/mol. The number of aliphatic hydroxyl groups excluding tert-OH is 1. The average Bonchev–Trinajstić information content (AvgIpc) is 3.13. The molecule has 0 saturated carbocycles. The Kier molecular flexibility index (Phi) is 7.11. The molecule has 0 aliphatic carbocycles. The standard InChI is InChI=1S/C29H28N2O6/c1-16(2)37-29(35)19-8-10-21(11-9-19)31-24(20-7-6-12-30-15-20)23(26(33)28(31)34)25(32)22-14-17(3)13-18(4)27(22)36-5/h6-16,24,32H,1-5H3/b25-23+. The van der Waals surface area contributed by atoms with Crippen molar-refractivity contribution < 1.29 is 29.0 Å². The van der Waals surface area contributed by atoms with Gasteiger partial charge in [0.2, 0.25) is 0 Å². The molecule has 1 amide bonds. The Morgan fingerprint density at radius 1 is 1.08 bits per heavy atom. The number of methoxy groups -OCH3 is 1. The van der Waals surface area contributed by atoms with Crippen molar-refractivity contribution in [3.8, 4) is 5.75 Å². The Hall–Kier alpha value is -4.46. The van der Waals surface area contributed by atoms with E-state index >= 15 is 0 Å². The molecule has 2 aromatic carbocycles. The van der Waals surface area contributed by atoms with Crippen LogP contribution in [-0.4, -0.2) is 41.0 Å². The summed E-state index contributed by atoms with van der Waals surface area (Å²) in [7, 11) is 1.48. The van der Waals surface area contributed by atoms with E-state index in [-0.39, 0.29) is 17.4 Å². The molecule has 1 aliphatic rings. The van der Waals surface area contributed by atoms with Gasteiger partial charge in [-0.05, 0) is 80.8 Å². The number of anilines is 1. The molecule has 1 fully saturated rings. The first-order valence-corrected chi connectivity index (χ1v) is 11.8. The molecule has 1 aromatic heterocycles. The van der Waals surface area contributed by atoms with Gasteiger partial charge in [0.15, 0.2) is 0 Å². The number of benzene rings is 2. The number of Topliss-reactive ketones (excluding diaryl/α,β-unsaturated/α-hetero) is 1. The van der Waals surface area contributed by atoms with E-state index in [1.165, 1.54) is 24.1 Å². The van der Waals surface area contributed by atoms with Gasteiger partial charge < -0.3 is 14.6 Å². The second-order valence-electron chi connectivity index (χ2n) is 9.12. The summed E-state index contributed by atoms with van der Waals surface area (Å²) < 4.78 is 10.8. The maximum absolute atomic E-state index is 13.4. The third kappa shape index (κ3) is 4.82. The third-order valence-electron chi connectivity index (χ3n) is 6.05. The minimum atomic E-state index is -0.951. The fourth-order valence-corrected chi connectivity index (χ4v) is 4.54. The number of carbonyl (C=O) groups excluding carboxylic acids is 3. The van der Waals surface area contributed by atoms with Gasteiger partial charge in [0, 0.05) is 18.1 Å². The number of esters is 1. The van der Waals surface area contributed by atoms with Crippen LogP contribution in [0.2, 0.25) is 0 Å². The van der Waals surface area contributed by atoms with Crippen molar-refractivity contribution >= 4 is 29.1 Å². The van der Waals surface area contributed by atoms with Crippen LogP contribution in [-0.2, 0) is 14.3 Å². The largest absolute Gasteiger partial charge is 0.507 e. The number of rotatable bonds is 6. The van der Waals surface area contributed by atoms with Crippen molar-refractivity contribution in [1.82, 2.24) is 4.98 Å². The molecule has 1 N–H and O–H groups in total. The van der Waals surface area contributed by atoms with Crippen LogP contribution in [0.3, 0.4) is 0 Å². The van der Waals surface area contributed by atoms with Crippen molar-refractivity contribution in [3.63, 3.8) is 0 Å². The molecule has 4 rings (SSSR count). The molecule has 8 nitrogen and oxygen atoms in total. The molecule has 1 saturated heterocycles. The van der Waals surface area contributed by atoms with E-state index in [0.29, 0.717) is 28.1 Å². The summed E-state index contributed by atoms with van der Waals surface area (Å²) in [6, 6.07) is 12.3. The molecule has 3 aromatic rings. The minimum Gasteiger partial charge on any atom is -0.507 e. The number of ketones is 1. The predicted molar refractivity (Wildman–Crippen MR) is 138 cm³/mol. The Balaban J connectivity index is 1.88. The van der Waals surface area contributed by atoms with E-state index in [1.807, 2.05) is 19.9 Å². The van der Waals surface area contributed by atoms with E-state index in [2.05, 4.69) is 4.98 Å². The molecule has 0 radical (unpaired) electrons. The first-order chi connectivity index (χ1) is 17.6. The van der Waals surface area contributed by atoms with Crippen LogP contribution < -0.4 is 9.64 Å². The molecule has 1 aliphatic heterocycles. The maximum atomic E-state index is 13.4. The van der Waals surface area contributed by atoms with Gasteiger partial charge in [-0.25, -0.2) is 4.79 Å². The number of ether oxygens (including phenoxy) is 2. The molecule has 37 heavy (non-hydrogen) atoms. The van der Waals surface area contributed by atoms with Gasteiger partial charge >= 0.3 is 5.97 Å². The topological polar surface area (TPSA) is 106 Å². The number of hydrogen-bond donors (Lipinski definition) is 1. The maximum Gasteiger partial charge on any atom is 0.338 e.